The molecule has 1 unspecified atom stereocenters. The van der Waals surface area contributed by atoms with E-state index in [4.69, 9.17) is 30.5 Å². The van der Waals surface area contributed by atoms with Gasteiger partial charge in [0.15, 0.2) is 23.0 Å². The minimum atomic E-state index is -0.0324. The number of halogens is 2. The van der Waals surface area contributed by atoms with Crippen molar-refractivity contribution in [1.82, 2.24) is 5.32 Å². The van der Waals surface area contributed by atoms with Crippen molar-refractivity contribution in [2.24, 2.45) is 0 Å². The Morgan fingerprint density at radius 3 is 2.73 bits per heavy atom. The van der Waals surface area contributed by atoms with Crippen molar-refractivity contribution in [2.75, 3.05) is 26.9 Å². The number of nitrogens with one attached hydrogen (secondary N) is 1. The van der Waals surface area contributed by atoms with Gasteiger partial charge in [0.2, 0.25) is 0 Å². The molecule has 5 nitrogen and oxygen atoms in total. The Labute approximate surface area is 164 Å². The monoisotopic (exact) mass is 399 g/mol. The van der Waals surface area contributed by atoms with Crippen LogP contribution in [0.15, 0.2) is 36.4 Å². The number of benzene rings is 2. The fourth-order valence-corrected chi connectivity index (χ4v) is 3.04. The van der Waals surface area contributed by atoms with Crippen molar-refractivity contribution >= 4 is 24.0 Å². The highest BCUT2D eigenvalue weighted by Crippen LogP contribution is 2.36. The van der Waals surface area contributed by atoms with Crippen LogP contribution in [0.1, 0.15) is 12.5 Å². The van der Waals surface area contributed by atoms with Crippen LogP contribution in [-0.4, -0.2) is 33.0 Å². The number of para-hydroxylation sites is 2. The first kappa shape index (κ1) is 20.5. The molecule has 0 radical (unpaired) electrons. The summed E-state index contributed by atoms with van der Waals surface area (Å²) in [5.41, 5.74) is 1.02. The van der Waals surface area contributed by atoms with Crippen LogP contribution in [0.4, 0.5) is 0 Å². The van der Waals surface area contributed by atoms with Gasteiger partial charge in [-0.25, -0.2) is 0 Å². The summed E-state index contributed by atoms with van der Waals surface area (Å²) in [7, 11) is 1.58. The van der Waals surface area contributed by atoms with Gasteiger partial charge in [0.25, 0.3) is 0 Å². The van der Waals surface area contributed by atoms with E-state index in [-0.39, 0.29) is 18.5 Å². The van der Waals surface area contributed by atoms with E-state index in [2.05, 4.69) is 5.32 Å². The van der Waals surface area contributed by atoms with E-state index in [1.54, 1.807) is 7.11 Å². The number of rotatable bonds is 7. The number of methoxy groups -OCH3 is 1. The van der Waals surface area contributed by atoms with E-state index >= 15 is 0 Å². The fourth-order valence-electron chi connectivity index (χ4n) is 2.73. The summed E-state index contributed by atoms with van der Waals surface area (Å²) in [6.45, 7) is 4.32. The van der Waals surface area contributed by atoms with E-state index in [0.29, 0.717) is 42.8 Å². The molecule has 26 heavy (non-hydrogen) atoms. The summed E-state index contributed by atoms with van der Waals surface area (Å²) < 4.78 is 22.6. The van der Waals surface area contributed by atoms with Crippen LogP contribution in [0, 0.1) is 0 Å². The van der Waals surface area contributed by atoms with Gasteiger partial charge in [-0.1, -0.05) is 23.7 Å². The summed E-state index contributed by atoms with van der Waals surface area (Å²) in [5.74, 6) is 2.79. The molecular formula is C19H23Cl2NO4. The molecule has 0 bridgehead atoms. The van der Waals surface area contributed by atoms with E-state index in [1.165, 1.54) is 0 Å². The van der Waals surface area contributed by atoms with E-state index in [1.807, 2.05) is 43.3 Å². The molecule has 0 fully saturated rings. The molecule has 0 amide bonds. The fraction of sp³-hybridized carbons (Fsp3) is 0.368. The lowest BCUT2D eigenvalue weighted by atomic mass is 10.2. The van der Waals surface area contributed by atoms with Crippen LogP contribution < -0.4 is 24.3 Å². The molecule has 1 aliphatic rings. The molecule has 3 rings (SSSR count). The van der Waals surface area contributed by atoms with Gasteiger partial charge in [0.05, 0.1) is 18.7 Å². The first-order chi connectivity index (χ1) is 12.2. The first-order valence-corrected chi connectivity index (χ1v) is 8.67. The highest BCUT2D eigenvalue weighted by atomic mass is 35.5. The molecule has 7 heteroatoms. The summed E-state index contributed by atoms with van der Waals surface area (Å²) in [6, 6.07) is 11.5. The standard InChI is InChI=1S/C19H22ClNO4.ClH/c1-3-23-18-9-13(8-15(20)19(18)22-2)10-21-11-14-12-24-16-6-4-5-7-17(16)25-14;/h4-9,14,21H,3,10-12H2,1-2H3;1H. The van der Waals surface area contributed by atoms with Crippen LogP contribution in [0.3, 0.4) is 0 Å². The molecule has 0 spiro atoms. The van der Waals surface area contributed by atoms with Gasteiger partial charge < -0.3 is 24.3 Å². The van der Waals surface area contributed by atoms with Crippen LogP contribution in [0.5, 0.6) is 23.0 Å². The molecule has 0 saturated carbocycles. The molecule has 0 aromatic heterocycles. The van der Waals surface area contributed by atoms with Crippen LogP contribution >= 0.6 is 24.0 Å². The van der Waals surface area contributed by atoms with Crippen LogP contribution in [-0.2, 0) is 6.54 Å². The molecule has 142 valence electrons. The van der Waals surface area contributed by atoms with Gasteiger partial charge in [-0.3, -0.25) is 0 Å². The van der Waals surface area contributed by atoms with Crippen molar-refractivity contribution in [1.29, 1.82) is 0 Å². The maximum absolute atomic E-state index is 6.28. The minimum absolute atomic E-state index is 0. The largest absolute Gasteiger partial charge is 0.491 e. The zero-order valence-corrected chi connectivity index (χ0v) is 16.4. The third kappa shape index (κ3) is 4.87. The number of hydrogen-bond donors (Lipinski definition) is 1. The Hall–Kier alpha value is -1.82. The maximum atomic E-state index is 6.28. The second kappa shape index (κ2) is 9.76. The van der Waals surface area contributed by atoms with Crippen LogP contribution in [0.2, 0.25) is 5.02 Å². The lowest BCUT2D eigenvalue weighted by Crippen LogP contribution is -2.38. The predicted molar refractivity (Wildman–Crippen MR) is 104 cm³/mol. The average molecular weight is 400 g/mol. The van der Waals surface area contributed by atoms with E-state index in [0.717, 1.165) is 17.1 Å². The van der Waals surface area contributed by atoms with Crippen molar-refractivity contribution in [3.05, 3.63) is 47.0 Å². The zero-order valence-electron chi connectivity index (χ0n) is 14.8. The molecule has 1 atom stereocenters. The zero-order chi connectivity index (χ0) is 17.6. The molecule has 1 N–H and O–H groups in total. The van der Waals surface area contributed by atoms with Gasteiger partial charge in [0.1, 0.15) is 12.7 Å². The number of ether oxygens (including phenoxy) is 4. The molecule has 2 aromatic carbocycles. The quantitative estimate of drug-likeness (QED) is 0.759. The van der Waals surface area contributed by atoms with Crippen LogP contribution in [0.25, 0.3) is 0 Å². The molecular weight excluding hydrogens is 377 g/mol. The third-order valence-corrected chi connectivity index (χ3v) is 4.12. The van der Waals surface area contributed by atoms with Crippen molar-refractivity contribution in [2.45, 2.75) is 19.6 Å². The lowest BCUT2D eigenvalue weighted by Gasteiger charge is -2.26. The molecule has 0 saturated heterocycles. The Bertz CT molecular complexity index is 727. The highest BCUT2D eigenvalue weighted by molar-refractivity contribution is 6.32. The topological polar surface area (TPSA) is 49.0 Å². The summed E-state index contributed by atoms with van der Waals surface area (Å²) in [4.78, 5) is 0. The second-order valence-electron chi connectivity index (χ2n) is 5.67. The maximum Gasteiger partial charge on any atom is 0.179 e. The van der Waals surface area contributed by atoms with Gasteiger partial charge >= 0.3 is 0 Å². The Balaban J connectivity index is 0.00000243. The molecule has 1 heterocycles. The van der Waals surface area contributed by atoms with E-state index in [9.17, 15) is 0 Å². The summed E-state index contributed by atoms with van der Waals surface area (Å²) in [6.07, 6.45) is -0.0324. The van der Waals surface area contributed by atoms with Crippen molar-refractivity contribution in [3.8, 4) is 23.0 Å². The lowest BCUT2D eigenvalue weighted by molar-refractivity contribution is 0.0902. The molecule has 0 aliphatic carbocycles. The third-order valence-electron chi connectivity index (χ3n) is 3.84. The smallest absolute Gasteiger partial charge is 0.179 e. The molecule has 2 aromatic rings. The van der Waals surface area contributed by atoms with Crippen molar-refractivity contribution < 1.29 is 18.9 Å². The normalized spacial score (nSPS) is 15.1. The van der Waals surface area contributed by atoms with Gasteiger partial charge in [-0.05, 0) is 36.8 Å². The average Bonchev–Trinajstić information content (AvgIpc) is 2.62. The minimum Gasteiger partial charge on any atom is -0.491 e. The Morgan fingerprint density at radius 2 is 2.00 bits per heavy atom. The number of fused-ring (bicyclic) bond motifs is 1. The Kier molecular flexibility index (Phi) is 7.69. The summed E-state index contributed by atoms with van der Waals surface area (Å²) >= 11 is 6.28. The first-order valence-electron chi connectivity index (χ1n) is 8.29. The number of hydrogen-bond acceptors (Lipinski definition) is 5. The summed E-state index contributed by atoms with van der Waals surface area (Å²) in [5, 5.41) is 3.91. The highest BCUT2D eigenvalue weighted by Gasteiger charge is 2.20. The van der Waals surface area contributed by atoms with E-state index < -0.39 is 0 Å². The molecule has 1 aliphatic heterocycles. The van der Waals surface area contributed by atoms with Gasteiger partial charge in [-0.2, -0.15) is 0 Å². The SMILES string of the molecule is CCOc1cc(CNCC2COc3ccccc3O2)cc(Cl)c1OC.Cl. The van der Waals surface area contributed by atoms with Gasteiger partial charge in [-0.15, -0.1) is 12.4 Å². The predicted octanol–water partition coefficient (Wildman–Crippen LogP) is 4.10. The van der Waals surface area contributed by atoms with Gasteiger partial charge in [0, 0.05) is 13.1 Å². The van der Waals surface area contributed by atoms with Crippen molar-refractivity contribution in [3.63, 3.8) is 0 Å². The second-order valence-corrected chi connectivity index (χ2v) is 6.08. The Morgan fingerprint density at radius 1 is 1.23 bits per heavy atom.